The van der Waals surface area contributed by atoms with Gasteiger partial charge in [-0.15, -0.1) is 0 Å². The number of hydrogen-bond acceptors (Lipinski definition) is 5. The maximum absolute atomic E-state index is 11.9. The molecule has 6 nitrogen and oxygen atoms in total. The maximum atomic E-state index is 11.9. The van der Waals surface area contributed by atoms with E-state index in [0.717, 1.165) is 19.3 Å². The molecular weight excluding hydrogens is 308 g/mol. The molecule has 2 rings (SSSR count). The van der Waals surface area contributed by atoms with Gasteiger partial charge in [-0.2, -0.15) is 5.26 Å². The molecule has 24 heavy (non-hydrogen) atoms. The number of carbonyl (C=O) groups is 2. The van der Waals surface area contributed by atoms with E-state index in [1.165, 1.54) is 6.42 Å². The summed E-state index contributed by atoms with van der Waals surface area (Å²) in [5, 5.41) is 11.9. The summed E-state index contributed by atoms with van der Waals surface area (Å²) in [4.78, 5) is 23.5. The van der Waals surface area contributed by atoms with Crippen LogP contribution in [0.5, 0.6) is 5.75 Å². The Morgan fingerprint density at radius 3 is 2.75 bits per heavy atom. The Morgan fingerprint density at radius 1 is 1.25 bits per heavy atom. The summed E-state index contributed by atoms with van der Waals surface area (Å²) < 4.78 is 10.2. The van der Waals surface area contributed by atoms with Crippen LogP contribution in [0.15, 0.2) is 24.3 Å². The molecule has 2 atom stereocenters. The van der Waals surface area contributed by atoms with Gasteiger partial charge in [-0.05, 0) is 30.9 Å². The highest BCUT2D eigenvalue weighted by Gasteiger charge is 2.23. The van der Waals surface area contributed by atoms with E-state index in [0.29, 0.717) is 17.2 Å². The Kier molecular flexibility index (Phi) is 6.62. The number of nitrogens with zero attached hydrogens (tertiary/aromatic N) is 1. The predicted octanol–water partition coefficient (Wildman–Crippen LogP) is 2.18. The van der Waals surface area contributed by atoms with E-state index in [9.17, 15) is 9.59 Å². The summed E-state index contributed by atoms with van der Waals surface area (Å²) in [6.07, 6.45) is 4.39. The van der Waals surface area contributed by atoms with Crippen molar-refractivity contribution in [1.82, 2.24) is 5.32 Å². The molecule has 1 aromatic carbocycles. The third-order valence-corrected chi connectivity index (χ3v) is 4.18. The Morgan fingerprint density at radius 2 is 2.00 bits per heavy atom. The van der Waals surface area contributed by atoms with Crippen LogP contribution in [-0.2, 0) is 14.3 Å². The molecule has 0 bridgehead atoms. The van der Waals surface area contributed by atoms with E-state index >= 15 is 0 Å². The minimum absolute atomic E-state index is 0.156. The van der Waals surface area contributed by atoms with Crippen molar-refractivity contribution >= 4 is 11.9 Å². The second-order valence-corrected chi connectivity index (χ2v) is 5.99. The highest BCUT2D eigenvalue weighted by atomic mass is 16.6. The van der Waals surface area contributed by atoms with Crippen LogP contribution in [-0.4, -0.2) is 31.1 Å². The number of carbonyl (C=O) groups excluding carboxylic acids is 2. The molecule has 0 spiro atoms. The zero-order chi connectivity index (χ0) is 17.4. The number of nitriles is 1. The molecule has 0 heterocycles. The number of ether oxygens (including phenoxy) is 2. The minimum Gasteiger partial charge on any atom is -0.481 e. The standard InChI is InChI=1S/C18H22N2O4/c1-13-6-2-4-8-15(13)20-17(21)11-24-18(22)12-23-16-9-5-3-7-14(16)10-19/h3,5,7,9,13,15H,2,4,6,8,11-12H2,1H3,(H,20,21)/t13-,15-/m0/s1. The van der Waals surface area contributed by atoms with E-state index in [2.05, 4.69) is 12.2 Å². The SMILES string of the molecule is C[C@H]1CCCC[C@@H]1NC(=O)COC(=O)COc1ccccc1C#N. The highest BCUT2D eigenvalue weighted by Crippen LogP contribution is 2.23. The Balaban J connectivity index is 1.71. The summed E-state index contributed by atoms with van der Waals surface area (Å²) in [5.74, 6) is -0.171. The van der Waals surface area contributed by atoms with Crippen molar-refractivity contribution in [2.45, 2.75) is 38.6 Å². The number of amides is 1. The lowest BCUT2D eigenvalue weighted by molar-refractivity contribution is -0.150. The van der Waals surface area contributed by atoms with Crippen LogP contribution >= 0.6 is 0 Å². The number of rotatable bonds is 6. The second-order valence-electron chi connectivity index (χ2n) is 5.99. The second kappa shape index (κ2) is 8.92. The van der Waals surface area contributed by atoms with Gasteiger partial charge in [0.2, 0.25) is 0 Å². The topological polar surface area (TPSA) is 88.4 Å². The van der Waals surface area contributed by atoms with Crippen LogP contribution in [0.25, 0.3) is 0 Å². The monoisotopic (exact) mass is 330 g/mol. The van der Waals surface area contributed by atoms with Gasteiger partial charge in [0.1, 0.15) is 11.8 Å². The molecule has 0 radical (unpaired) electrons. The van der Waals surface area contributed by atoms with Crippen molar-refractivity contribution in [1.29, 1.82) is 5.26 Å². The molecule has 1 aliphatic rings. The van der Waals surface area contributed by atoms with Gasteiger partial charge in [0, 0.05) is 6.04 Å². The van der Waals surface area contributed by atoms with Gasteiger partial charge in [-0.1, -0.05) is 31.9 Å². The number of nitrogens with one attached hydrogen (secondary N) is 1. The fraction of sp³-hybridized carbons (Fsp3) is 0.500. The molecule has 1 aliphatic carbocycles. The lowest BCUT2D eigenvalue weighted by Crippen LogP contribution is -2.43. The number of benzene rings is 1. The van der Waals surface area contributed by atoms with E-state index < -0.39 is 5.97 Å². The first-order valence-electron chi connectivity index (χ1n) is 8.17. The first-order valence-corrected chi connectivity index (χ1v) is 8.17. The predicted molar refractivity (Wildman–Crippen MR) is 87.2 cm³/mol. The molecule has 1 saturated carbocycles. The molecule has 1 fully saturated rings. The number of hydrogen-bond donors (Lipinski definition) is 1. The molecule has 0 aromatic heterocycles. The van der Waals surface area contributed by atoms with Crippen LogP contribution < -0.4 is 10.1 Å². The highest BCUT2D eigenvalue weighted by molar-refractivity contribution is 5.81. The third-order valence-electron chi connectivity index (χ3n) is 4.18. The normalized spacial score (nSPS) is 19.8. The van der Waals surface area contributed by atoms with E-state index in [-0.39, 0.29) is 25.2 Å². The molecule has 6 heteroatoms. The van der Waals surface area contributed by atoms with Crippen molar-refractivity contribution in [3.63, 3.8) is 0 Å². The van der Waals surface area contributed by atoms with Gasteiger partial charge in [-0.25, -0.2) is 4.79 Å². The Bertz CT molecular complexity index is 624. The van der Waals surface area contributed by atoms with Crippen LogP contribution in [0.3, 0.4) is 0 Å². The van der Waals surface area contributed by atoms with Crippen molar-refractivity contribution < 1.29 is 19.1 Å². The smallest absolute Gasteiger partial charge is 0.344 e. The van der Waals surface area contributed by atoms with Gasteiger partial charge in [0.25, 0.3) is 5.91 Å². The maximum Gasteiger partial charge on any atom is 0.344 e. The van der Waals surface area contributed by atoms with Gasteiger partial charge >= 0.3 is 5.97 Å². The van der Waals surface area contributed by atoms with E-state index in [1.807, 2.05) is 6.07 Å². The fourth-order valence-electron chi connectivity index (χ4n) is 2.79. The van der Waals surface area contributed by atoms with Crippen molar-refractivity contribution in [3.8, 4) is 11.8 Å². The molecule has 1 aromatic rings. The van der Waals surface area contributed by atoms with Crippen LogP contribution in [0.4, 0.5) is 0 Å². The minimum atomic E-state index is -0.644. The van der Waals surface area contributed by atoms with Crippen molar-refractivity contribution in [2.75, 3.05) is 13.2 Å². The van der Waals surface area contributed by atoms with Crippen LogP contribution in [0.2, 0.25) is 0 Å². The zero-order valence-electron chi connectivity index (χ0n) is 13.8. The zero-order valence-corrected chi connectivity index (χ0v) is 13.8. The molecule has 0 saturated heterocycles. The Labute approximate surface area is 141 Å². The summed E-state index contributed by atoms with van der Waals surface area (Å²) in [6.45, 7) is 1.47. The summed E-state index contributed by atoms with van der Waals surface area (Å²) >= 11 is 0. The quantitative estimate of drug-likeness (QED) is 0.808. The third kappa shape index (κ3) is 5.27. The molecule has 1 N–H and O–H groups in total. The largest absolute Gasteiger partial charge is 0.481 e. The molecular formula is C18H22N2O4. The van der Waals surface area contributed by atoms with Crippen LogP contribution in [0, 0.1) is 17.2 Å². The van der Waals surface area contributed by atoms with Gasteiger partial charge in [0.15, 0.2) is 13.2 Å². The lowest BCUT2D eigenvalue weighted by atomic mass is 9.86. The first-order chi connectivity index (χ1) is 11.6. The van der Waals surface area contributed by atoms with Crippen LogP contribution in [0.1, 0.15) is 38.2 Å². The Hall–Kier alpha value is -2.55. The van der Waals surface area contributed by atoms with Crippen molar-refractivity contribution in [3.05, 3.63) is 29.8 Å². The lowest BCUT2D eigenvalue weighted by Gasteiger charge is -2.29. The molecule has 1 amide bonds. The van der Waals surface area contributed by atoms with E-state index in [1.54, 1.807) is 24.3 Å². The number of esters is 1. The molecule has 0 aliphatic heterocycles. The number of para-hydroxylation sites is 1. The first kappa shape index (κ1) is 17.8. The average molecular weight is 330 g/mol. The average Bonchev–Trinajstić information content (AvgIpc) is 2.60. The molecule has 128 valence electrons. The summed E-state index contributed by atoms with van der Waals surface area (Å²) in [7, 11) is 0. The summed E-state index contributed by atoms with van der Waals surface area (Å²) in [5.41, 5.74) is 0.342. The fourth-order valence-corrected chi connectivity index (χ4v) is 2.79. The summed E-state index contributed by atoms with van der Waals surface area (Å²) in [6, 6.07) is 8.75. The van der Waals surface area contributed by atoms with Crippen molar-refractivity contribution in [2.24, 2.45) is 5.92 Å². The van der Waals surface area contributed by atoms with Gasteiger partial charge in [0.05, 0.1) is 5.56 Å². The van der Waals surface area contributed by atoms with E-state index in [4.69, 9.17) is 14.7 Å². The van der Waals surface area contributed by atoms with Gasteiger partial charge in [-0.3, -0.25) is 4.79 Å². The van der Waals surface area contributed by atoms with Gasteiger partial charge < -0.3 is 14.8 Å². The molecule has 0 unspecified atom stereocenters.